The molecule has 7 heteroatoms. The number of aryl methyl sites for hydroxylation is 2. The molecule has 2 aliphatic rings. The fourth-order valence-electron chi connectivity index (χ4n) is 5.91. The monoisotopic (exact) mass is 532 g/mol. The summed E-state index contributed by atoms with van der Waals surface area (Å²) < 4.78 is 0. The molecule has 2 fully saturated rings. The van der Waals surface area contributed by atoms with Gasteiger partial charge in [-0.25, -0.2) is 0 Å². The Hall–Kier alpha value is -4.33. The second kappa shape index (κ2) is 12.2. The topological polar surface area (TPSA) is 77.6 Å². The van der Waals surface area contributed by atoms with E-state index in [9.17, 15) is 15.3 Å². The predicted octanol–water partition coefficient (Wildman–Crippen LogP) is 4.72. The molecule has 2 heterocycles. The lowest BCUT2D eigenvalue weighted by atomic mass is 9.98. The number of piperazine rings is 1. The normalized spacial score (nSPS) is 16.2. The Morgan fingerprint density at radius 1 is 0.725 bits per heavy atom. The van der Waals surface area contributed by atoms with E-state index in [1.165, 1.54) is 11.1 Å². The van der Waals surface area contributed by atoms with Crippen LogP contribution >= 0.6 is 0 Å². The third-order valence-electron chi connectivity index (χ3n) is 8.19. The number of rotatable bonds is 5. The SMILES string of the molecule is Cc1cc(C)c(C(=O)N2CCCN(c3ccccc3C#N)CC2)cc1CN1CCN(c2ccccc2C#N)CC1. The summed E-state index contributed by atoms with van der Waals surface area (Å²) in [6, 6.07) is 24.4. The highest BCUT2D eigenvalue weighted by atomic mass is 16.2. The van der Waals surface area contributed by atoms with Gasteiger partial charge in [0.25, 0.3) is 5.91 Å². The Kier molecular flexibility index (Phi) is 8.34. The van der Waals surface area contributed by atoms with Gasteiger partial charge in [-0.3, -0.25) is 9.69 Å². The van der Waals surface area contributed by atoms with Crippen LogP contribution in [0.2, 0.25) is 0 Å². The van der Waals surface area contributed by atoms with Gasteiger partial charge in [-0.2, -0.15) is 10.5 Å². The molecule has 3 aromatic rings. The van der Waals surface area contributed by atoms with Crippen molar-refractivity contribution in [3.63, 3.8) is 0 Å². The van der Waals surface area contributed by atoms with Crippen molar-refractivity contribution in [2.45, 2.75) is 26.8 Å². The van der Waals surface area contributed by atoms with E-state index in [1.807, 2.05) is 60.4 Å². The van der Waals surface area contributed by atoms with Crippen molar-refractivity contribution in [3.05, 3.63) is 94.0 Å². The quantitative estimate of drug-likeness (QED) is 0.473. The Labute approximate surface area is 237 Å². The number of para-hydroxylation sites is 2. The van der Waals surface area contributed by atoms with Crippen molar-refractivity contribution in [1.82, 2.24) is 9.80 Å². The van der Waals surface area contributed by atoms with Crippen LogP contribution in [-0.4, -0.2) is 68.1 Å². The van der Waals surface area contributed by atoms with Crippen molar-refractivity contribution >= 4 is 17.3 Å². The van der Waals surface area contributed by atoms with E-state index < -0.39 is 0 Å². The van der Waals surface area contributed by atoms with Gasteiger partial charge in [0.05, 0.1) is 22.5 Å². The van der Waals surface area contributed by atoms with Crippen LogP contribution in [0, 0.1) is 36.5 Å². The molecule has 5 rings (SSSR count). The molecule has 204 valence electrons. The first-order valence-electron chi connectivity index (χ1n) is 14.1. The Balaban J connectivity index is 1.25. The van der Waals surface area contributed by atoms with Crippen molar-refractivity contribution in [2.24, 2.45) is 0 Å². The van der Waals surface area contributed by atoms with Crippen LogP contribution in [0.15, 0.2) is 60.7 Å². The van der Waals surface area contributed by atoms with Crippen LogP contribution in [0.1, 0.15) is 44.6 Å². The van der Waals surface area contributed by atoms with Crippen LogP contribution < -0.4 is 9.80 Å². The minimum Gasteiger partial charge on any atom is -0.369 e. The molecule has 0 aliphatic carbocycles. The lowest BCUT2D eigenvalue weighted by molar-refractivity contribution is 0.0766. The summed E-state index contributed by atoms with van der Waals surface area (Å²) in [6.07, 6.45) is 0.864. The van der Waals surface area contributed by atoms with Gasteiger partial charge in [0.1, 0.15) is 12.1 Å². The highest BCUT2D eigenvalue weighted by Gasteiger charge is 2.25. The van der Waals surface area contributed by atoms with E-state index in [4.69, 9.17) is 0 Å². The average Bonchev–Trinajstić information content (AvgIpc) is 3.25. The van der Waals surface area contributed by atoms with Gasteiger partial charge < -0.3 is 14.7 Å². The maximum absolute atomic E-state index is 13.8. The fourth-order valence-corrected chi connectivity index (χ4v) is 5.91. The number of carbonyl (C=O) groups is 1. The van der Waals surface area contributed by atoms with E-state index in [0.29, 0.717) is 25.2 Å². The number of nitrogens with zero attached hydrogens (tertiary/aromatic N) is 6. The van der Waals surface area contributed by atoms with Crippen molar-refractivity contribution in [1.29, 1.82) is 10.5 Å². The van der Waals surface area contributed by atoms with Crippen LogP contribution in [0.5, 0.6) is 0 Å². The van der Waals surface area contributed by atoms with Gasteiger partial charge in [-0.1, -0.05) is 30.3 Å². The first-order valence-corrected chi connectivity index (χ1v) is 14.1. The summed E-state index contributed by atoms with van der Waals surface area (Å²) in [5.74, 6) is 0.0899. The van der Waals surface area contributed by atoms with Gasteiger partial charge in [0.2, 0.25) is 0 Å². The molecule has 0 spiro atoms. The maximum Gasteiger partial charge on any atom is 0.254 e. The standard InChI is InChI=1S/C33H36N6O/c1-25-20-26(2)30(33(40)39-13-7-12-37(18-19-39)31-10-5-3-8-27(31)22-34)21-29(25)24-36-14-16-38(17-15-36)32-11-6-4-9-28(32)23-35/h3-6,8-11,20-21H,7,12-19,24H2,1-2H3. The number of amides is 1. The van der Waals surface area contributed by atoms with Gasteiger partial charge in [-0.15, -0.1) is 0 Å². The van der Waals surface area contributed by atoms with Crippen LogP contribution in [-0.2, 0) is 6.54 Å². The number of carbonyl (C=O) groups excluding carboxylic acids is 1. The van der Waals surface area contributed by atoms with Gasteiger partial charge in [0, 0.05) is 64.5 Å². The number of anilines is 2. The number of hydrogen-bond acceptors (Lipinski definition) is 6. The maximum atomic E-state index is 13.8. The zero-order chi connectivity index (χ0) is 28.1. The lowest BCUT2D eigenvalue weighted by Gasteiger charge is -2.36. The van der Waals surface area contributed by atoms with Crippen molar-refractivity contribution in [3.8, 4) is 12.1 Å². The smallest absolute Gasteiger partial charge is 0.254 e. The summed E-state index contributed by atoms with van der Waals surface area (Å²) in [7, 11) is 0. The molecule has 40 heavy (non-hydrogen) atoms. The second-order valence-electron chi connectivity index (χ2n) is 10.7. The van der Waals surface area contributed by atoms with Crippen LogP contribution in [0.3, 0.4) is 0 Å². The first kappa shape index (κ1) is 27.2. The molecule has 0 aromatic heterocycles. The minimum absolute atomic E-state index is 0.0899. The summed E-state index contributed by atoms with van der Waals surface area (Å²) in [5, 5.41) is 19.0. The van der Waals surface area contributed by atoms with Gasteiger partial charge >= 0.3 is 0 Å². The summed E-state index contributed by atoms with van der Waals surface area (Å²) in [6.45, 7) is 11.4. The average molecular weight is 533 g/mol. The third kappa shape index (κ3) is 5.81. The molecule has 1 amide bonds. The molecule has 7 nitrogen and oxygen atoms in total. The van der Waals surface area contributed by atoms with E-state index in [2.05, 4.69) is 45.9 Å². The molecule has 2 saturated heterocycles. The molecule has 0 N–H and O–H groups in total. The molecular weight excluding hydrogens is 496 g/mol. The van der Waals surface area contributed by atoms with E-state index in [1.54, 1.807) is 0 Å². The highest BCUT2D eigenvalue weighted by Crippen LogP contribution is 2.25. The molecule has 0 radical (unpaired) electrons. The Bertz CT molecular complexity index is 1460. The Morgan fingerprint density at radius 2 is 1.30 bits per heavy atom. The molecular formula is C33H36N6O. The molecule has 0 saturated carbocycles. The van der Waals surface area contributed by atoms with Crippen molar-refractivity contribution in [2.75, 3.05) is 62.2 Å². The lowest BCUT2D eigenvalue weighted by Crippen LogP contribution is -2.46. The Morgan fingerprint density at radius 3 is 1.93 bits per heavy atom. The molecule has 3 aromatic carbocycles. The van der Waals surface area contributed by atoms with E-state index in [0.717, 1.165) is 73.8 Å². The largest absolute Gasteiger partial charge is 0.369 e. The summed E-state index contributed by atoms with van der Waals surface area (Å²) in [5.41, 5.74) is 7.56. The minimum atomic E-state index is 0.0899. The molecule has 2 aliphatic heterocycles. The van der Waals surface area contributed by atoms with Crippen LogP contribution in [0.25, 0.3) is 0 Å². The van der Waals surface area contributed by atoms with Crippen molar-refractivity contribution < 1.29 is 4.79 Å². The zero-order valence-electron chi connectivity index (χ0n) is 23.4. The molecule has 0 atom stereocenters. The van der Waals surface area contributed by atoms with E-state index in [-0.39, 0.29) is 5.91 Å². The summed E-state index contributed by atoms with van der Waals surface area (Å²) >= 11 is 0. The summed E-state index contributed by atoms with van der Waals surface area (Å²) in [4.78, 5) is 22.7. The third-order valence-corrected chi connectivity index (χ3v) is 8.19. The van der Waals surface area contributed by atoms with E-state index >= 15 is 0 Å². The zero-order valence-corrected chi connectivity index (χ0v) is 23.4. The van der Waals surface area contributed by atoms with Gasteiger partial charge in [-0.05, 0) is 67.3 Å². The van der Waals surface area contributed by atoms with Crippen LogP contribution in [0.4, 0.5) is 11.4 Å². The first-order chi connectivity index (χ1) is 19.5. The second-order valence-corrected chi connectivity index (χ2v) is 10.7. The predicted molar refractivity (Wildman–Crippen MR) is 158 cm³/mol. The molecule has 0 unspecified atom stereocenters. The van der Waals surface area contributed by atoms with Gasteiger partial charge in [0.15, 0.2) is 0 Å². The molecule has 0 bridgehead atoms. The fraction of sp³-hybridized carbons (Fsp3) is 0.364. The number of nitriles is 2. The number of hydrogen-bond donors (Lipinski definition) is 0. The number of benzene rings is 3. The highest BCUT2D eigenvalue weighted by molar-refractivity contribution is 5.96.